The second-order valence-electron chi connectivity index (χ2n) is 5.49. The number of carbonyl (C=O) groups is 1. The van der Waals surface area contributed by atoms with Crippen LogP contribution in [0.5, 0.6) is 0 Å². The summed E-state index contributed by atoms with van der Waals surface area (Å²) in [7, 11) is 0. The molecule has 2 fully saturated rings. The van der Waals surface area contributed by atoms with Crippen LogP contribution in [0.2, 0.25) is 0 Å². The van der Waals surface area contributed by atoms with Crippen molar-refractivity contribution in [2.45, 2.75) is 18.9 Å². The summed E-state index contributed by atoms with van der Waals surface area (Å²) < 4.78 is 0. The third-order valence-electron chi connectivity index (χ3n) is 4.15. The van der Waals surface area contributed by atoms with Gasteiger partial charge in [-0.2, -0.15) is 0 Å². The molecule has 112 valence electrons. The van der Waals surface area contributed by atoms with E-state index in [0.29, 0.717) is 24.8 Å². The Bertz CT molecular complexity index is 578. The second kappa shape index (κ2) is 5.33. The van der Waals surface area contributed by atoms with Gasteiger partial charge in [0.25, 0.3) is 0 Å². The first-order valence-electron chi connectivity index (χ1n) is 7.07. The van der Waals surface area contributed by atoms with Gasteiger partial charge >= 0.3 is 11.7 Å². The quantitative estimate of drug-likeness (QED) is 0.669. The predicted molar refractivity (Wildman–Crippen MR) is 76.9 cm³/mol. The van der Waals surface area contributed by atoms with Crippen LogP contribution in [0.3, 0.4) is 0 Å². The topological polar surface area (TPSA) is 86.9 Å². The van der Waals surface area contributed by atoms with E-state index in [-0.39, 0.29) is 11.3 Å². The highest BCUT2D eigenvalue weighted by molar-refractivity contribution is 5.95. The van der Waals surface area contributed by atoms with E-state index in [0.717, 1.165) is 13.1 Å². The van der Waals surface area contributed by atoms with E-state index >= 15 is 0 Å². The summed E-state index contributed by atoms with van der Waals surface area (Å²) in [4.78, 5) is 26.2. The van der Waals surface area contributed by atoms with Crippen molar-refractivity contribution < 1.29 is 14.8 Å². The standard InChI is InChI=1S/C14H17N3O4/c18-14(19)11-2-1-3-12(13(11)17(20)21)16-8-6-15(7-9-16)10-4-5-10/h1-3,10H,4-9H2,(H,18,19). The van der Waals surface area contributed by atoms with Gasteiger partial charge in [-0.15, -0.1) is 0 Å². The van der Waals surface area contributed by atoms with Crippen LogP contribution in [0.4, 0.5) is 11.4 Å². The van der Waals surface area contributed by atoms with E-state index in [2.05, 4.69) is 4.90 Å². The van der Waals surface area contributed by atoms with Crippen molar-refractivity contribution in [1.82, 2.24) is 4.90 Å². The number of hydrogen-bond donors (Lipinski definition) is 1. The number of nitrogens with zero attached hydrogens (tertiary/aromatic N) is 3. The number of nitro groups is 1. The van der Waals surface area contributed by atoms with Crippen molar-refractivity contribution in [3.63, 3.8) is 0 Å². The van der Waals surface area contributed by atoms with Gasteiger partial charge in [0.15, 0.2) is 0 Å². The maximum Gasteiger partial charge on any atom is 0.342 e. The Labute approximate surface area is 121 Å². The molecule has 0 spiro atoms. The van der Waals surface area contributed by atoms with Gasteiger partial charge in [0, 0.05) is 32.2 Å². The van der Waals surface area contributed by atoms with Gasteiger partial charge in [0.1, 0.15) is 11.3 Å². The minimum atomic E-state index is -1.26. The average molecular weight is 291 g/mol. The SMILES string of the molecule is O=C(O)c1cccc(N2CCN(C3CC3)CC2)c1[N+](=O)[O-]. The Morgan fingerprint density at radius 3 is 2.43 bits per heavy atom. The van der Waals surface area contributed by atoms with E-state index in [4.69, 9.17) is 5.11 Å². The molecule has 0 unspecified atom stereocenters. The normalized spacial score (nSPS) is 19.5. The molecule has 3 rings (SSSR count). The van der Waals surface area contributed by atoms with E-state index in [1.807, 2.05) is 4.90 Å². The van der Waals surface area contributed by atoms with Crippen molar-refractivity contribution in [3.8, 4) is 0 Å². The molecule has 1 saturated heterocycles. The summed E-state index contributed by atoms with van der Waals surface area (Å²) in [5.41, 5.74) is -0.137. The fourth-order valence-corrected chi connectivity index (χ4v) is 2.92. The largest absolute Gasteiger partial charge is 0.477 e. The van der Waals surface area contributed by atoms with Gasteiger partial charge in [-0.3, -0.25) is 15.0 Å². The molecule has 2 aliphatic rings. The lowest BCUT2D eigenvalue weighted by Crippen LogP contribution is -2.47. The first kappa shape index (κ1) is 13.8. The average Bonchev–Trinajstić information content (AvgIpc) is 3.31. The first-order valence-corrected chi connectivity index (χ1v) is 7.07. The summed E-state index contributed by atoms with van der Waals surface area (Å²) in [6.45, 7) is 3.14. The molecule has 7 heteroatoms. The number of para-hydroxylation sites is 1. The minimum Gasteiger partial charge on any atom is -0.477 e. The number of hydrogen-bond acceptors (Lipinski definition) is 5. The van der Waals surface area contributed by atoms with E-state index in [9.17, 15) is 14.9 Å². The highest BCUT2D eigenvalue weighted by Crippen LogP contribution is 2.34. The van der Waals surface area contributed by atoms with Crippen molar-refractivity contribution in [3.05, 3.63) is 33.9 Å². The van der Waals surface area contributed by atoms with Crippen LogP contribution >= 0.6 is 0 Å². The van der Waals surface area contributed by atoms with Gasteiger partial charge in [-0.25, -0.2) is 4.79 Å². The zero-order valence-electron chi connectivity index (χ0n) is 11.6. The van der Waals surface area contributed by atoms with E-state index in [1.54, 1.807) is 12.1 Å². The Morgan fingerprint density at radius 1 is 1.24 bits per heavy atom. The molecule has 0 amide bonds. The van der Waals surface area contributed by atoms with Crippen LogP contribution < -0.4 is 4.90 Å². The Kier molecular flexibility index (Phi) is 3.50. The molecule has 1 aliphatic heterocycles. The summed E-state index contributed by atoms with van der Waals surface area (Å²) >= 11 is 0. The molecular formula is C14H17N3O4. The molecule has 1 N–H and O–H groups in total. The molecule has 21 heavy (non-hydrogen) atoms. The number of rotatable bonds is 4. The van der Waals surface area contributed by atoms with Crippen molar-refractivity contribution in [2.75, 3.05) is 31.1 Å². The minimum absolute atomic E-state index is 0.248. The number of carboxylic acid groups (broad SMARTS) is 1. The highest BCUT2D eigenvalue weighted by Gasteiger charge is 2.33. The molecule has 0 atom stereocenters. The number of aromatic carboxylic acids is 1. The summed E-state index contributed by atoms with van der Waals surface area (Å²) in [6.07, 6.45) is 2.49. The van der Waals surface area contributed by atoms with Gasteiger partial charge in [0.05, 0.1) is 4.92 Å². The lowest BCUT2D eigenvalue weighted by atomic mass is 10.1. The zero-order valence-corrected chi connectivity index (χ0v) is 11.6. The monoisotopic (exact) mass is 291 g/mol. The van der Waals surface area contributed by atoms with Crippen LogP contribution in [0.1, 0.15) is 23.2 Å². The van der Waals surface area contributed by atoms with E-state index in [1.165, 1.54) is 18.9 Å². The molecule has 7 nitrogen and oxygen atoms in total. The molecule has 0 radical (unpaired) electrons. The van der Waals surface area contributed by atoms with Crippen LogP contribution in [-0.2, 0) is 0 Å². The van der Waals surface area contributed by atoms with Crippen molar-refractivity contribution in [2.24, 2.45) is 0 Å². The van der Waals surface area contributed by atoms with Crippen molar-refractivity contribution >= 4 is 17.3 Å². The number of piperazine rings is 1. The molecule has 0 aromatic heterocycles. The summed E-state index contributed by atoms with van der Waals surface area (Å²) in [5.74, 6) is -1.26. The molecule has 1 saturated carbocycles. The third-order valence-corrected chi connectivity index (χ3v) is 4.15. The second-order valence-corrected chi connectivity index (χ2v) is 5.49. The zero-order chi connectivity index (χ0) is 15.0. The molecular weight excluding hydrogens is 274 g/mol. The third kappa shape index (κ3) is 2.69. The highest BCUT2D eigenvalue weighted by atomic mass is 16.6. The maximum atomic E-state index is 11.3. The molecule has 0 bridgehead atoms. The van der Waals surface area contributed by atoms with Gasteiger partial charge in [-0.05, 0) is 25.0 Å². The van der Waals surface area contributed by atoms with Crippen molar-refractivity contribution in [1.29, 1.82) is 0 Å². The van der Waals surface area contributed by atoms with Crippen LogP contribution in [0.15, 0.2) is 18.2 Å². The fraction of sp³-hybridized carbons (Fsp3) is 0.500. The van der Waals surface area contributed by atoms with E-state index < -0.39 is 10.9 Å². The van der Waals surface area contributed by atoms with Gasteiger partial charge < -0.3 is 10.0 Å². The Balaban J connectivity index is 1.86. The molecule has 1 aliphatic carbocycles. The number of benzene rings is 1. The van der Waals surface area contributed by atoms with Gasteiger partial charge in [-0.1, -0.05) is 6.07 Å². The Hall–Kier alpha value is -2.15. The summed E-state index contributed by atoms with van der Waals surface area (Å²) in [6, 6.07) is 5.17. The van der Waals surface area contributed by atoms with Crippen LogP contribution in [0, 0.1) is 10.1 Å². The lowest BCUT2D eigenvalue weighted by molar-refractivity contribution is -0.384. The molecule has 1 aromatic rings. The first-order chi connectivity index (χ1) is 10.1. The smallest absolute Gasteiger partial charge is 0.342 e. The lowest BCUT2D eigenvalue weighted by Gasteiger charge is -2.36. The van der Waals surface area contributed by atoms with Crippen LogP contribution in [0.25, 0.3) is 0 Å². The van der Waals surface area contributed by atoms with Crippen LogP contribution in [-0.4, -0.2) is 53.1 Å². The Morgan fingerprint density at radius 2 is 1.90 bits per heavy atom. The van der Waals surface area contributed by atoms with Gasteiger partial charge in [0.2, 0.25) is 0 Å². The molecule has 1 heterocycles. The fourth-order valence-electron chi connectivity index (χ4n) is 2.92. The molecule has 1 aromatic carbocycles. The summed E-state index contributed by atoms with van der Waals surface area (Å²) in [5, 5.41) is 20.4. The number of nitro benzene ring substituents is 1. The number of carboxylic acids is 1. The number of anilines is 1. The maximum absolute atomic E-state index is 11.3. The predicted octanol–water partition coefficient (Wildman–Crippen LogP) is 1.58.